The van der Waals surface area contributed by atoms with E-state index >= 15 is 0 Å². The Bertz CT molecular complexity index is 961. The fraction of sp³-hybridized carbons (Fsp3) is 0.158. The summed E-state index contributed by atoms with van der Waals surface area (Å²) < 4.78 is 40.6. The minimum atomic E-state index is -4.61. The summed E-state index contributed by atoms with van der Waals surface area (Å²) in [6.45, 7) is 1.90. The molecule has 0 bridgehead atoms. The molecule has 26 heavy (non-hydrogen) atoms. The van der Waals surface area contributed by atoms with Crippen LogP contribution in [0.25, 0.3) is 5.70 Å². The van der Waals surface area contributed by atoms with Gasteiger partial charge in [-0.15, -0.1) is 5.10 Å². The predicted molar refractivity (Wildman–Crippen MR) is 92.3 cm³/mol. The third-order valence-electron chi connectivity index (χ3n) is 4.33. The number of benzene rings is 2. The summed E-state index contributed by atoms with van der Waals surface area (Å²) in [4.78, 5) is 3.69. The highest BCUT2D eigenvalue weighted by Gasteiger charge is 2.40. The number of aromatic nitrogens is 3. The van der Waals surface area contributed by atoms with Gasteiger partial charge in [0, 0.05) is 5.56 Å². The Balaban J connectivity index is 1.91. The summed E-state index contributed by atoms with van der Waals surface area (Å²) >= 11 is 0. The van der Waals surface area contributed by atoms with Crippen LogP contribution in [0.15, 0.2) is 66.7 Å². The molecule has 0 spiro atoms. The first-order valence-electron chi connectivity index (χ1n) is 8.03. The van der Waals surface area contributed by atoms with E-state index in [-0.39, 0.29) is 5.95 Å². The molecule has 7 heteroatoms. The van der Waals surface area contributed by atoms with Crippen LogP contribution in [0.2, 0.25) is 0 Å². The number of hydrogen-bond donors (Lipinski definition) is 1. The maximum atomic E-state index is 13.1. The van der Waals surface area contributed by atoms with Crippen LogP contribution in [-0.4, -0.2) is 14.8 Å². The molecule has 1 aliphatic heterocycles. The van der Waals surface area contributed by atoms with Crippen LogP contribution in [-0.2, 0) is 11.7 Å². The lowest BCUT2D eigenvalue weighted by Gasteiger charge is -2.33. The van der Waals surface area contributed by atoms with Crippen molar-refractivity contribution in [3.05, 3.63) is 83.7 Å². The number of nitrogens with zero attached hydrogens (tertiary/aromatic N) is 3. The van der Waals surface area contributed by atoms with Crippen LogP contribution in [0.5, 0.6) is 0 Å². The van der Waals surface area contributed by atoms with Gasteiger partial charge in [-0.1, -0.05) is 60.7 Å². The maximum Gasteiger partial charge on any atom is 0.453 e. The van der Waals surface area contributed by atoms with Gasteiger partial charge in [0.1, 0.15) is 0 Å². The van der Waals surface area contributed by atoms with Crippen LogP contribution in [0, 0.1) is 0 Å². The first kappa shape index (κ1) is 16.4. The van der Waals surface area contributed by atoms with Crippen LogP contribution >= 0.6 is 0 Å². The van der Waals surface area contributed by atoms with Crippen molar-refractivity contribution in [2.75, 3.05) is 5.32 Å². The maximum absolute atomic E-state index is 13.1. The lowest BCUT2D eigenvalue weighted by molar-refractivity contribution is -0.144. The Morgan fingerprint density at radius 1 is 0.962 bits per heavy atom. The van der Waals surface area contributed by atoms with Gasteiger partial charge in [-0.3, -0.25) is 0 Å². The first-order chi connectivity index (χ1) is 12.4. The zero-order chi connectivity index (χ0) is 18.4. The van der Waals surface area contributed by atoms with E-state index in [1.54, 1.807) is 0 Å². The highest BCUT2D eigenvalue weighted by Crippen LogP contribution is 2.38. The van der Waals surface area contributed by atoms with E-state index in [4.69, 9.17) is 0 Å². The van der Waals surface area contributed by atoms with Crippen LogP contribution in [0.3, 0.4) is 0 Å². The molecule has 3 aromatic rings. The number of halogens is 3. The Kier molecular flexibility index (Phi) is 3.61. The summed E-state index contributed by atoms with van der Waals surface area (Å²) in [5, 5.41) is 6.78. The minimum absolute atomic E-state index is 0.0602. The minimum Gasteiger partial charge on any atom is -0.341 e. The monoisotopic (exact) mass is 356 g/mol. The van der Waals surface area contributed by atoms with Crippen LogP contribution in [0.1, 0.15) is 23.9 Å². The molecular weight excluding hydrogens is 341 g/mol. The average molecular weight is 356 g/mol. The van der Waals surface area contributed by atoms with Crippen molar-refractivity contribution < 1.29 is 13.2 Å². The fourth-order valence-electron chi connectivity index (χ4n) is 3.04. The van der Waals surface area contributed by atoms with Gasteiger partial charge in [-0.25, -0.2) is 0 Å². The number of rotatable bonds is 2. The lowest BCUT2D eigenvalue weighted by Crippen LogP contribution is -2.35. The van der Waals surface area contributed by atoms with Crippen molar-refractivity contribution in [2.24, 2.45) is 0 Å². The molecular formula is C19H15F3N4. The molecule has 1 aliphatic rings. The van der Waals surface area contributed by atoms with Crippen molar-refractivity contribution in [3.63, 3.8) is 0 Å². The van der Waals surface area contributed by atoms with E-state index in [9.17, 15) is 13.2 Å². The van der Waals surface area contributed by atoms with Gasteiger partial charge >= 0.3 is 6.18 Å². The third kappa shape index (κ3) is 2.75. The molecule has 0 aliphatic carbocycles. The second-order valence-corrected chi connectivity index (χ2v) is 6.26. The Hall–Kier alpha value is -3.09. The molecule has 1 N–H and O–H groups in total. The van der Waals surface area contributed by atoms with Gasteiger partial charge in [0.2, 0.25) is 5.95 Å². The van der Waals surface area contributed by atoms with E-state index in [0.717, 1.165) is 11.1 Å². The molecule has 4 rings (SSSR count). The van der Waals surface area contributed by atoms with Gasteiger partial charge in [0.25, 0.3) is 5.82 Å². The molecule has 0 saturated heterocycles. The Morgan fingerprint density at radius 2 is 1.58 bits per heavy atom. The van der Waals surface area contributed by atoms with Crippen molar-refractivity contribution in [1.82, 2.24) is 14.8 Å². The fourth-order valence-corrected chi connectivity index (χ4v) is 3.04. The van der Waals surface area contributed by atoms with Gasteiger partial charge in [-0.2, -0.15) is 22.8 Å². The second kappa shape index (κ2) is 5.72. The SMILES string of the molecule is CC1(c2ccccc2)C=C(c2ccccc2)n2nc(C(F)(F)F)nc2N1. The van der Waals surface area contributed by atoms with E-state index in [2.05, 4.69) is 15.4 Å². The first-order valence-corrected chi connectivity index (χ1v) is 8.03. The third-order valence-corrected chi connectivity index (χ3v) is 4.33. The zero-order valence-electron chi connectivity index (χ0n) is 13.8. The van der Waals surface area contributed by atoms with E-state index < -0.39 is 17.5 Å². The van der Waals surface area contributed by atoms with Crippen LogP contribution in [0.4, 0.5) is 19.1 Å². The summed E-state index contributed by atoms with van der Waals surface area (Å²) in [7, 11) is 0. The number of anilines is 1. The van der Waals surface area contributed by atoms with Gasteiger partial charge in [0.15, 0.2) is 0 Å². The highest BCUT2D eigenvalue weighted by molar-refractivity contribution is 5.73. The molecule has 1 atom stereocenters. The van der Waals surface area contributed by atoms with Gasteiger partial charge in [-0.05, 0) is 18.6 Å². The van der Waals surface area contributed by atoms with E-state index in [1.807, 2.05) is 73.7 Å². The molecule has 1 aromatic heterocycles. The quantitative estimate of drug-likeness (QED) is 0.734. The largest absolute Gasteiger partial charge is 0.453 e. The molecule has 2 aromatic carbocycles. The van der Waals surface area contributed by atoms with Gasteiger partial charge < -0.3 is 5.32 Å². The van der Waals surface area contributed by atoms with Crippen molar-refractivity contribution in [1.29, 1.82) is 0 Å². The van der Waals surface area contributed by atoms with Crippen molar-refractivity contribution >= 4 is 11.6 Å². The Morgan fingerprint density at radius 3 is 2.19 bits per heavy atom. The lowest BCUT2D eigenvalue weighted by atomic mass is 9.89. The smallest absolute Gasteiger partial charge is 0.341 e. The number of nitrogens with one attached hydrogen (secondary N) is 1. The van der Waals surface area contributed by atoms with E-state index in [0.29, 0.717) is 5.70 Å². The number of fused-ring (bicyclic) bond motifs is 1. The standard InChI is InChI=1S/C19H15F3N4/c1-18(14-10-6-3-7-11-14)12-15(13-8-4-2-5-9-13)26-17(24-18)23-16(25-26)19(20,21)22/h2-12H,1H3,(H,23,24,25). The molecule has 0 saturated carbocycles. The molecule has 0 fully saturated rings. The molecule has 0 radical (unpaired) electrons. The molecule has 132 valence electrons. The van der Waals surface area contributed by atoms with Crippen molar-refractivity contribution in [3.8, 4) is 0 Å². The van der Waals surface area contributed by atoms with E-state index in [1.165, 1.54) is 4.68 Å². The number of hydrogen-bond acceptors (Lipinski definition) is 3. The average Bonchev–Trinajstić information content (AvgIpc) is 3.07. The summed E-state index contributed by atoms with van der Waals surface area (Å²) in [5.74, 6) is -1.11. The second-order valence-electron chi connectivity index (χ2n) is 6.26. The topological polar surface area (TPSA) is 42.7 Å². The van der Waals surface area contributed by atoms with Crippen LogP contribution < -0.4 is 5.32 Å². The van der Waals surface area contributed by atoms with Crippen molar-refractivity contribution in [2.45, 2.75) is 18.6 Å². The molecule has 4 nitrogen and oxygen atoms in total. The zero-order valence-corrected chi connectivity index (χ0v) is 13.8. The molecule has 1 unspecified atom stereocenters. The summed E-state index contributed by atoms with van der Waals surface area (Å²) in [6, 6.07) is 18.7. The predicted octanol–water partition coefficient (Wildman–Crippen LogP) is 4.53. The summed E-state index contributed by atoms with van der Waals surface area (Å²) in [5.41, 5.74) is 1.50. The van der Waals surface area contributed by atoms with Gasteiger partial charge in [0.05, 0.1) is 11.2 Å². The highest BCUT2D eigenvalue weighted by atomic mass is 19.4. The number of alkyl halides is 3. The molecule has 0 amide bonds. The summed E-state index contributed by atoms with van der Waals surface area (Å²) in [6.07, 6.45) is -2.74. The Labute approximate surface area is 148 Å². The normalized spacial score (nSPS) is 19.5. The molecule has 2 heterocycles.